The number of likely N-dealkylation sites (tertiary alicyclic amines) is 1. The number of hydrogen-bond donors (Lipinski definition) is 2. The molecule has 0 saturated carbocycles. The number of piperidine rings is 1. The van der Waals surface area contributed by atoms with E-state index in [9.17, 15) is 5.11 Å². The van der Waals surface area contributed by atoms with E-state index in [-0.39, 0.29) is 11.6 Å². The average Bonchev–Trinajstić information content (AvgIpc) is 2.24. The zero-order valence-corrected chi connectivity index (χ0v) is 12.0. The maximum absolute atomic E-state index is 9.27. The first-order valence-electron chi connectivity index (χ1n) is 7.02. The van der Waals surface area contributed by atoms with Crippen LogP contribution in [0.2, 0.25) is 0 Å². The Morgan fingerprint density at radius 3 is 2.35 bits per heavy atom. The highest BCUT2D eigenvalue weighted by Gasteiger charge is 2.20. The molecule has 0 amide bonds. The van der Waals surface area contributed by atoms with Crippen LogP contribution in [0.5, 0.6) is 0 Å². The fourth-order valence-electron chi connectivity index (χ4n) is 2.23. The molecule has 1 saturated heterocycles. The second kappa shape index (κ2) is 6.72. The summed E-state index contributed by atoms with van der Waals surface area (Å²) in [6, 6.07) is 0. The fourth-order valence-corrected chi connectivity index (χ4v) is 2.23. The molecule has 0 spiro atoms. The number of nitrogens with one attached hydrogen (secondary N) is 1. The van der Waals surface area contributed by atoms with Gasteiger partial charge in [-0.1, -0.05) is 0 Å². The van der Waals surface area contributed by atoms with E-state index in [1.54, 1.807) is 0 Å². The molecule has 102 valence electrons. The smallest absolute Gasteiger partial charge is 0.0524 e. The summed E-state index contributed by atoms with van der Waals surface area (Å²) in [7, 11) is 0. The summed E-state index contributed by atoms with van der Waals surface area (Å²) in [5.74, 6) is 0.831. The monoisotopic (exact) mass is 242 g/mol. The molecule has 1 aliphatic heterocycles. The molecule has 1 atom stereocenters. The van der Waals surface area contributed by atoms with Crippen LogP contribution >= 0.6 is 0 Å². The summed E-state index contributed by atoms with van der Waals surface area (Å²) in [6.45, 7) is 13.2. The molecule has 1 heterocycles. The van der Waals surface area contributed by atoms with Gasteiger partial charge in [0, 0.05) is 12.1 Å². The Labute approximate surface area is 107 Å². The summed E-state index contributed by atoms with van der Waals surface area (Å²) in [5, 5.41) is 12.9. The minimum atomic E-state index is -0.157. The van der Waals surface area contributed by atoms with Gasteiger partial charge in [-0.05, 0) is 72.5 Å². The molecule has 2 N–H and O–H groups in total. The lowest BCUT2D eigenvalue weighted by Gasteiger charge is -2.34. The molecular weight excluding hydrogens is 212 g/mol. The lowest BCUT2D eigenvalue weighted by Crippen LogP contribution is -2.43. The van der Waals surface area contributed by atoms with Gasteiger partial charge in [-0.15, -0.1) is 0 Å². The Balaban J connectivity index is 2.13. The van der Waals surface area contributed by atoms with E-state index in [2.05, 4.69) is 31.0 Å². The van der Waals surface area contributed by atoms with Crippen LogP contribution in [0.25, 0.3) is 0 Å². The Bertz CT molecular complexity index is 203. The van der Waals surface area contributed by atoms with Crippen LogP contribution in [0, 0.1) is 5.92 Å². The molecule has 0 bridgehead atoms. The first-order valence-corrected chi connectivity index (χ1v) is 7.02. The summed E-state index contributed by atoms with van der Waals surface area (Å²) >= 11 is 0. The third-order valence-corrected chi connectivity index (χ3v) is 3.49. The molecular formula is C14H30N2O. The highest BCUT2D eigenvalue weighted by Crippen LogP contribution is 2.17. The highest BCUT2D eigenvalue weighted by atomic mass is 16.3. The Morgan fingerprint density at radius 1 is 1.29 bits per heavy atom. The summed E-state index contributed by atoms with van der Waals surface area (Å²) in [4.78, 5) is 2.49. The predicted octanol–water partition coefficient (Wildman–Crippen LogP) is 1.86. The van der Waals surface area contributed by atoms with Gasteiger partial charge < -0.3 is 15.3 Å². The van der Waals surface area contributed by atoms with Crippen molar-refractivity contribution in [2.45, 2.75) is 58.6 Å². The quantitative estimate of drug-likeness (QED) is 0.772. The van der Waals surface area contributed by atoms with Crippen molar-refractivity contribution >= 4 is 0 Å². The van der Waals surface area contributed by atoms with Gasteiger partial charge in [0.25, 0.3) is 0 Å². The van der Waals surface area contributed by atoms with Crippen molar-refractivity contribution < 1.29 is 5.11 Å². The van der Waals surface area contributed by atoms with E-state index >= 15 is 0 Å². The van der Waals surface area contributed by atoms with Crippen LogP contribution in [0.4, 0.5) is 0 Å². The normalized spacial score (nSPS) is 21.7. The van der Waals surface area contributed by atoms with Gasteiger partial charge in [-0.2, -0.15) is 0 Å². The van der Waals surface area contributed by atoms with E-state index in [4.69, 9.17) is 0 Å². The van der Waals surface area contributed by atoms with Crippen LogP contribution in [-0.4, -0.2) is 47.8 Å². The van der Waals surface area contributed by atoms with Crippen molar-refractivity contribution in [2.75, 3.05) is 26.2 Å². The van der Waals surface area contributed by atoms with Crippen LogP contribution in [0.3, 0.4) is 0 Å². The molecule has 1 unspecified atom stereocenters. The number of aliphatic hydroxyl groups is 1. The standard InChI is InChI=1S/C14H30N2O/c1-12(17)5-8-16-9-6-13(7-10-16)11-15-14(2,3)4/h12-13,15,17H,5-11H2,1-4H3. The van der Waals surface area contributed by atoms with Crippen molar-refractivity contribution in [3.8, 4) is 0 Å². The van der Waals surface area contributed by atoms with Gasteiger partial charge in [0.1, 0.15) is 0 Å². The maximum Gasteiger partial charge on any atom is 0.0524 e. The molecule has 0 radical (unpaired) electrons. The van der Waals surface area contributed by atoms with Gasteiger partial charge in [0.2, 0.25) is 0 Å². The molecule has 0 aromatic heterocycles. The Hall–Kier alpha value is -0.120. The van der Waals surface area contributed by atoms with Gasteiger partial charge in [-0.25, -0.2) is 0 Å². The van der Waals surface area contributed by atoms with E-state index in [1.165, 1.54) is 25.9 Å². The van der Waals surface area contributed by atoms with Crippen LogP contribution < -0.4 is 5.32 Å². The molecule has 0 aromatic carbocycles. The van der Waals surface area contributed by atoms with E-state index < -0.39 is 0 Å². The SMILES string of the molecule is CC(O)CCN1CCC(CNC(C)(C)C)CC1. The van der Waals surface area contributed by atoms with Gasteiger partial charge in [0.05, 0.1) is 6.10 Å². The number of hydrogen-bond acceptors (Lipinski definition) is 3. The molecule has 3 heteroatoms. The average molecular weight is 242 g/mol. The second-order valence-electron chi connectivity index (χ2n) is 6.55. The molecule has 1 fully saturated rings. The van der Waals surface area contributed by atoms with Crippen molar-refractivity contribution in [1.29, 1.82) is 0 Å². The van der Waals surface area contributed by atoms with Crippen LogP contribution in [-0.2, 0) is 0 Å². The third kappa shape index (κ3) is 7.02. The predicted molar refractivity (Wildman–Crippen MR) is 73.2 cm³/mol. The summed E-state index contributed by atoms with van der Waals surface area (Å²) in [6.07, 6.45) is 3.34. The van der Waals surface area contributed by atoms with Crippen LogP contribution in [0.1, 0.15) is 47.0 Å². The van der Waals surface area contributed by atoms with E-state index in [0.29, 0.717) is 0 Å². The summed E-state index contributed by atoms with van der Waals surface area (Å²) < 4.78 is 0. The largest absolute Gasteiger partial charge is 0.393 e. The van der Waals surface area contributed by atoms with Gasteiger partial charge in [-0.3, -0.25) is 0 Å². The minimum absolute atomic E-state index is 0.157. The lowest BCUT2D eigenvalue weighted by molar-refractivity contribution is 0.131. The zero-order valence-electron chi connectivity index (χ0n) is 12.0. The maximum atomic E-state index is 9.27. The zero-order chi connectivity index (χ0) is 12.9. The molecule has 3 nitrogen and oxygen atoms in total. The highest BCUT2D eigenvalue weighted by molar-refractivity contribution is 4.78. The topological polar surface area (TPSA) is 35.5 Å². The lowest BCUT2D eigenvalue weighted by atomic mass is 9.95. The van der Waals surface area contributed by atoms with Gasteiger partial charge >= 0.3 is 0 Å². The van der Waals surface area contributed by atoms with E-state index in [0.717, 1.165) is 25.4 Å². The molecule has 1 aliphatic rings. The van der Waals surface area contributed by atoms with E-state index in [1.807, 2.05) is 6.92 Å². The van der Waals surface area contributed by atoms with Gasteiger partial charge in [0.15, 0.2) is 0 Å². The molecule has 0 aromatic rings. The van der Waals surface area contributed by atoms with Crippen molar-refractivity contribution in [3.63, 3.8) is 0 Å². The first kappa shape index (κ1) is 14.9. The number of rotatable bonds is 5. The van der Waals surface area contributed by atoms with Crippen molar-refractivity contribution in [3.05, 3.63) is 0 Å². The number of aliphatic hydroxyl groups excluding tert-OH is 1. The van der Waals surface area contributed by atoms with Crippen molar-refractivity contribution in [2.24, 2.45) is 5.92 Å². The summed E-state index contributed by atoms with van der Waals surface area (Å²) in [5.41, 5.74) is 0.240. The second-order valence-corrected chi connectivity index (χ2v) is 6.55. The van der Waals surface area contributed by atoms with Crippen LogP contribution in [0.15, 0.2) is 0 Å². The third-order valence-electron chi connectivity index (χ3n) is 3.49. The first-order chi connectivity index (χ1) is 7.87. The Kier molecular flexibility index (Phi) is 5.90. The molecule has 1 rings (SSSR count). The minimum Gasteiger partial charge on any atom is -0.393 e. The molecule has 17 heavy (non-hydrogen) atoms. The number of nitrogens with zero attached hydrogens (tertiary/aromatic N) is 1. The fraction of sp³-hybridized carbons (Fsp3) is 1.00. The van der Waals surface area contributed by atoms with Crippen molar-refractivity contribution in [1.82, 2.24) is 10.2 Å². The Morgan fingerprint density at radius 2 is 1.88 bits per heavy atom. The molecule has 0 aliphatic carbocycles.